The molecule has 7 nitrogen and oxygen atoms in total. The Balaban J connectivity index is 1.38. The molecule has 0 aromatic heterocycles. The first-order valence-corrected chi connectivity index (χ1v) is 14.3. The van der Waals surface area contributed by atoms with Crippen molar-refractivity contribution in [1.82, 2.24) is 4.72 Å². The van der Waals surface area contributed by atoms with Crippen LogP contribution in [0.25, 0.3) is 0 Å². The van der Waals surface area contributed by atoms with Gasteiger partial charge in [-0.25, -0.2) is 25.9 Å². The van der Waals surface area contributed by atoms with E-state index in [4.69, 9.17) is 10.5 Å². The van der Waals surface area contributed by atoms with Gasteiger partial charge < -0.3 is 10.5 Å². The van der Waals surface area contributed by atoms with Crippen LogP contribution >= 0.6 is 0 Å². The van der Waals surface area contributed by atoms with Gasteiger partial charge in [-0.05, 0) is 81.0 Å². The smallest absolute Gasteiger partial charge is 0.214 e. The van der Waals surface area contributed by atoms with Gasteiger partial charge in [0.25, 0.3) is 0 Å². The molecular formula is C22H31FN2O5S2. The summed E-state index contributed by atoms with van der Waals surface area (Å²) in [4.78, 5) is 0.233. The Bertz CT molecular complexity index is 1060. The zero-order valence-corrected chi connectivity index (χ0v) is 19.7. The standard InChI is InChI=1S/C22H31FN2O5S2/c23-13-17(14-24)15-30-18-1-3-19(4-2-18)31(26,27)16-21-7-10-22(11-8-21,12-9-21)25-32(28,29)20-5-6-20/h1-4,13,20,25H,5-12,14-16,24H2. The van der Waals surface area contributed by atoms with Crippen LogP contribution in [0.3, 0.4) is 0 Å². The molecule has 0 spiro atoms. The van der Waals surface area contributed by atoms with Gasteiger partial charge in [-0.2, -0.15) is 0 Å². The minimum Gasteiger partial charge on any atom is -0.489 e. The average molecular weight is 487 g/mol. The van der Waals surface area contributed by atoms with Crippen molar-refractivity contribution in [2.75, 3.05) is 18.9 Å². The maximum Gasteiger partial charge on any atom is 0.214 e. The fraction of sp³-hybridized carbons (Fsp3) is 0.636. The van der Waals surface area contributed by atoms with Crippen molar-refractivity contribution in [2.45, 2.75) is 67.1 Å². The third-order valence-electron chi connectivity index (χ3n) is 7.24. The van der Waals surface area contributed by atoms with E-state index >= 15 is 0 Å². The van der Waals surface area contributed by atoms with Crippen LogP contribution in [-0.2, 0) is 19.9 Å². The second kappa shape index (κ2) is 8.70. The minimum absolute atomic E-state index is 0.00839. The van der Waals surface area contributed by atoms with E-state index in [-0.39, 0.29) is 34.5 Å². The van der Waals surface area contributed by atoms with Gasteiger partial charge in [0, 0.05) is 17.7 Å². The van der Waals surface area contributed by atoms with Crippen LogP contribution in [0.5, 0.6) is 5.75 Å². The Kier molecular flexibility index (Phi) is 6.43. The van der Waals surface area contributed by atoms with Crippen LogP contribution in [0.2, 0.25) is 0 Å². The summed E-state index contributed by atoms with van der Waals surface area (Å²) in [7, 11) is -6.77. The van der Waals surface area contributed by atoms with Crippen molar-refractivity contribution in [3.8, 4) is 5.75 Å². The summed E-state index contributed by atoms with van der Waals surface area (Å²) in [5.41, 5.74) is 5.01. The molecule has 4 fully saturated rings. The largest absolute Gasteiger partial charge is 0.489 e. The molecule has 1 aromatic rings. The molecule has 4 aliphatic rings. The SMILES string of the molecule is NCC(=CF)COc1ccc(S(=O)(=O)CC23CCC(NS(=O)(=O)C4CC4)(CC2)CC3)cc1. The number of fused-ring (bicyclic) bond motifs is 3. The fourth-order valence-corrected chi connectivity index (χ4v) is 8.73. The molecule has 0 atom stereocenters. The highest BCUT2D eigenvalue weighted by atomic mass is 32.2. The normalized spacial score (nSPS) is 28.6. The fourth-order valence-electron chi connectivity index (χ4n) is 4.94. The number of rotatable bonds is 10. The molecule has 178 valence electrons. The van der Waals surface area contributed by atoms with Crippen LogP contribution in [0.4, 0.5) is 4.39 Å². The molecule has 0 radical (unpaired) electrons. The predicted octanol–water partition coefficient (Wildman–Crippen LogP) is 2.83. The molecule has 4 aliphatic carbocycles. The Morgan fingerprint density at radius 3 is 2.16 bits per heavy atom. The summed E-state index contributed by atoms with van der Waals surface area (Å²) in [5.74, 6) is 0.506. The van der Waals surface area contributed by atoms with E-state index in [9.17, 15) is 21.2 Å². The average Bonchev–Trinajstić information content (AvgIpc) is 3.62. The summed E-state index contributed by atoms with van der Waals surface area (Å²) in [5, 5.41) is -0.243. The highest BCUT2D eigenvalue weighted by molar-refractivity contribution is 7.91. The van der Waals surface area contributed by atoms with Gasteiger partial charge in [0.05, 0.1) is 22.2 Å². The molecule has 0 saturated heterocycles. The lowest BCUT2D eigenvalue weighted by molar-refractivity contribution is 0.0532. The Labute approximate surface area is 189 Å². The predicted molar refractivity (Wildman–Crippen MR) is 120 cm³/mol. The topological polar surface area (TPSA) is 116 Å². The number of ether oxygens (including phenoxy) is 1. The Hall–Kier alpha value is -1.49. The molecule has 4 saturated carbocycles. The molecule has 3 N–H and O–H groups in total. The molecule has 5 rings (SSSR count). The van der Waals surface area contributed by atoms with Crippen molar-refractivity contribution in [3.05, 3.63) is 36.2 Å². The molecule has 32 heavy (non-hydrogen) atoms. The van der Waals surface area contributed by atoms with Crippen LogP contribution in [0, 0.1) is 5.41 Å². The second-order valence-corrected chi connectivity index (χ2v) is 13.6. The lowest BCUT2D eigenvalue weighted by atomic mass is 9.58. The minimum atomic E-state index is -3.51. The maximum atomic E-state index is 13.1. The third-order valence-corrected chi connectivity index (χ3v) is 11.3. The molecule has 0 aliphatic heterocycles. The highest BCUT2D eigenvalue weighted by Gasteiger charge is 2.53. The zero-order valence-electron chi connectivity index (χ0n) is 18.1. The van der Waals surface area contributed by atoms with Crippen LogP contribution in [0.1, 0.15) is 51.4 Å². The maximum absolute atomic E-state index is 13.1. The highest BCUT2D eigenvalue weighted by Crippen LogP contribution is 2.54. The van der Waals surface area contributed by atoms with Gasteiger partial charge in [0.15, 0.2) is 9.84 Å². The summed E-state index contributed by atoms with van der Waals surface area (Å²) in [6, 6.07) is 6.16. The van der Waals surface area contributed by atoms with Gasteiger partial charge >= 0.3 is 0 Å². The first kappa shape index (κ1) is 23.7. The van der Waals surface area contributed by atoms with E-state index in [0.717, 1.165) is 12.8 Å². The van der Waals surface area contributed by atoms with Gasteiger partial charge in [0.2, 0.25) is 10.0 Å². The van der Waals surface area contributed by atoms with Gasteiger partial charge in [-0.1, -0.05) is 0 Å². The van der Waals surface area contributed by atoms with Crippen LogP contribution in [0.15, 0.2) is 41.1 Å². The third kappa shape index (κ3) is 5.03. The molecule has 0 amide bonds. The number of sulfonamides is 1. The van der Waals surface area contributed by atoms with E-state index in [1.165, 1.54) is 12.1 Å². The summed E-state index contributed by atoms with van der Waals surface area (Å²) in [6.07, 6.45) is 6.06. The lowest BCUT2D eigenvalue weighted by Crippen LogP contribution is -2.58. The van der Waals surface area contributed by atoms with Crippen molar-refractivity contribution in [3.63, 3.8) is 0 Å². The van der Waals surface area contributed by atoms with Crippen molar-refractivity contribution < 1.29 is 26.0 Å². The summed E-state index contributed by atoms with van der Waals surface area (Å²) < 4.78 is 72.1. The monoisotopic (exact) mass is 486 g/mol. The quantitative estimate of drug-likeness (QED) is 0.525. The Morgan fingerprint density at radius 1 is 1.06 bits per heavy atom. The van der Waals surface area contributed by atoms with E-state index < -0.39 is 25.4 Å². The van der Waals surface area contributed by atoms with E-state index in [2.05, 4.69) is 4.72 Å². The van der Waals surface area contributed by atoms with Crippen molar-refractivity contribution in [1.29, 1.82) is 0 Å². The van der Waals surface area contributed by atoms with E-state index in [0.29, 0.717) is 56.2 Å². The number of nitrogens with one attached hydrogen (secondary N) is 1. The first-order valence-electron chi connectivity index (χ1n) is 11.1. The summed E-state index contributed by atoms with van der Waals surface area (Å²) >= 11 is 0. The molecule has 1 aromatic carbocycles. The van der Waals surface area contributed by atoms with Gasteiger partial charge in [0.1, 0.15) is 12.4 Å². The first-order chi connectivity index (χ1) is 15.1. The molecule has 0 unspecified atom stereocenters. The number of hydrogen-bond acceptors (Lipinski definition) is 6. The zero-order chi connectivity index (χ0) is 23.0. The lowest BCUT2D eigenvalue weighted by Gasteiger charge is -2.53. The molecule has 0 heterocycles. The molecular weight excluding hydrogens is 455 g/mol. The number of hydrogen-bond donors (Lipinski definition) is 2. The molecule has 2 bridgehead atoms. The second-order valence-electron chi connectivity index (χ2n) is 9.62. The summed E-state index contributed by atoms with van der Waals surface area (Å²) in [6.45, 7) is 0.0584. The van der Waals surface area contributed by atoms with Crippen molar-refractivity contribution >= 4 is 19.9 Å². The number of halogens is 1. The number of benzene rings is 1. The van der Waals surface area contributed by atoms with Crippen LogP contribution in [-0.4, -0.2) is 46.5 Å². The number of sulfone groups is 1. The van der Waals surface area contributed by atoms with Gasteiger partial charge in [-0.15, -0.1) is 0 Å². The molecule has 10 heteroatoms. The number of nitrogens with two attached hydrogens (primary N) is 1. The van der Waals surface area contributed by atoms with Gasteiger partial charge in [-0.3, -0.25) is 0 Å². The van der Waals surface area contributed by atoms with Crippen molar-refractivity contribution in [2.24, 2.45) is 11.1 Å². The van der Waals surface area contributed by atoms with E-state index in [1.807, 2.05) is 0 Å². The Morgan fingerprint density at radius 2 is 1.66 bits per heavy atom. The van der Waals surface area contributed by atoms with Crippen LogP contribution < -0.4 is 15.2 Å². The van der Waals surface area contributed by atoms with E-state index in [1.54, 1.807) is 12.1 Å².